The van der Waals surface area contributed by atoms with Gasteiger partial charge in [-0.2, -0.15) is 0 Å². The van der Waals surface area contributed by atoms with Crippen LogP contribution in [0.1, 0.15) is 30.1 Å². The molecule has 1 unspecified atom stereocenters. The lowest BCUT2D eigenvalue weighted by Crippen LogP contribution is -2.14. The van der Waals surface area contributed by atoms with E-state index in [1.54, 1.807) is 6.20 Å². The van der Waals surface area contributed by atoms with Crippen LogP contribution in [-0.2, 0) is 6.42 Å². The minimum absolute atomic E-state index is 0.130. The minimum atomic E-state index is 0.130. The Kier molecular flexibility index (Phi) is 2.73. The van der Waals surface area contributed by atoms with Gasteiger partial charge >= 0.3 is 0 Å². The molecule has 0 fully saturated rings. The van der Waals surface area contributed by atoms with Crippen LogP contribution >= 0.6 is 11.3 Å². The topological polar surface area (TPSA) is 48.1 Å². The Morgan fingerprint density at radius 2 is 2.24 bits per heavy atom. The summed E-state index contributed by atoms with van der Waals surface area (Å²) in [5.41, 5.74) is 8.35. The average molecular weight is 246 g/mol. The Morgan fingerprint density at radius 3 is 3.06 bits per heavy atom. The minimum Gasteiger partial charge on any atom is -0.462 e. The Hall–Kier alpha value is -1.55. The molecule has 1 aliphatic rings. The number of nitrogen functional groups attached to an aromatic ring is 1. The van der Waals surface area contributed by atoms with Crippen LogP contribution in [0.4, 0.5) is 5.00 Å². The van der Waals surface area contributed by atoms with E-state index in [4.69, 9.17) is 10.5 Å². The van der Waals surface area contributed by atoms with E-state index in [2.05, 4.69) is 29.2 Å². The summed E-state index contributed by atoms with van der Waals surface area (Å²) >= 11 is 1.40. The third-order valence-electron chi connectivity index (χ3n) is 3.06. The highest BCUT2D eigenvalue weighted by atomic mass is 32.1. The molecule has 0 aliphatic heterocycles. The number of thiazole rings is 1. The van der Waals surface area contributed by atoms with Crippen molar-refractivity contribution in [2.45, 2.75) is 25.4 Å². The summed E-state index contributed by atoms with van der Waals surface area (Å²) in [4.78, 5) is 4.15. The first-order valence-electron chi connectivity index (χ1n) is 5.79. The molecule has 1 aliphatic carbocycles. The molecule has 4 heteroatoms. The van der Waals surface area contributed by atoms with Gasteiger partial charge in [-0.25, -0.2) is 4.98 Å². The van der Waals surface area contributed by atoms with E-state index < -0.39 is 0 Å². The van der Waals surface area contributed by atoms with Gasteiger partial charge < -0.3 is 10.5 Å². The summed E-state index contributed by atoms with van der Waals surface area (Å²) in [5.74, 6) is 0. The zero-order valence-electron chi connectivity index (χ0n) is 9.43. The number of aryl methyl sites for hydroxylation is 1. The molecule has 1 heterocycles. The van der Waals surface area contributed by atoms with Gasteiger partial charge in [-0.1, -0.05) is 35.6 Å². The molecule has 1 atom stereocenters. The van der Waals surface area contributed by atoms with Crippen LogP contribution in [0.15, 0.2) is 30.5 Å². The predicted octanol–water partition coefficient (Wildman–Crippen LogP) is 3.18. The van der Waals surface area contributed by atoms with Gasteiger partial charge in [-0.05, 0) is 30.4 Å². The maximum atomic E-state index is 5.93. The van der Waals surface area contributed by atoms with Gasteiger partial charge in [0.15, 0.2) is 0 Å². The van der Waals surface area contributed by atoms with Crippen LogP contribution in [0.2, 0.25) is 0 Å². The standard InChI is InChI=1S/C13H14N2OS/c14-12-8-15-13(17-12)16-11-7-3-5-9-4-1-2-6-10(9)11/h1-2,4,6,8,11H,3,5,7,14H2. The maximum Gasteiger partial charge on any atom is 0.275 e. The number of aromatic nitrogens is 1. The zero-order chi connectivity index (χ0) is 11.7. The second-order valence-electron chi connectivity index (χ2n) is 4.23. The van der Waals surface area contributed by atoms with Crippen molar-refractivity contribution in [3.8, 4) is 5.19 Å². The van der Waals surface area contributed by atoms with E-state index in [9.17, 15) is 0 Å². The van der Waals surface area contributed by atoms with Crippen molar-refractivity contribution in [1.82, 2.24) is 4.98 Å². The molecule has 0 saturated carbocycles. The lowest BCUT2D eigenvalue weighted by atomic mass is 9.89. The van der Waals surface area contributed by atoms with E-state index >= 15 is 0 Å². The molecular formula is C13H14N2OS. The Morgan fingerprint density at radius 1 is 1.35 bits per heavy atom. The highest BCUT2D eigenvalue weighted by Crippen LogP contribution is 2.35. The fourth-order valence-corrected chi connectivity index (χ4v) is 2.85. The SMILES string of the molecule is Nc1cnc(OC2CCCc3ccccc32)s1. The van der Waals surface area contributed by atoms with Crippen molar-refractivity contribution in [2.24, 2.45) is 0 Å². The van der Waals surface area contributed by atoms with Gasteiger partial charge in [0.05, 0.1) is 6.20 Å². The van der Waals surface area contributed by atoms with Crippen molar-refractivity contribution in [3.05, 3.63) is 41.6 Å². The smallest absolute Gasteiger partial charge is 0.275 e. The molecule has 1 aromatic heterocycles. The predicted molar refractivity (Wildman–Crippen MR) is 69.3 cm³/mol. The molecule has 3 rings (SSSR count). The molecule has 2 aromatic rings. The number of hydrogen-bond acceptors (Lipinski definition) is 4. The number of benzene rings is 1. The number of rotatable bonds is 2. The van der Waals surface area contributed by atoms with Crippen molar-refractivity contribution in [3.63, 3.8) is 0 Å². The lowest BCUT2D eigenvalue weighted by Gasteiger charge is -2.24. The summed E-state index contributed by atoms with van der Waals surface area (Å²) in [6, 6.07) is 8.48. The van der Waals surface area contributed by atoms with Crippen LogP contribution in [0, 0.1) is 0 Å². The van der Waals surface area contributed by atoms with Crippen LogP contribution in [-0.4, -0.2) is 4.98 Å². The summed E-state index contributed by atoms with van der Waals surface area (Å²) in [5, 5.41) is 1.37. The molecular weight excluding hydrogens is 232 g/mol. The number of fused-ring (bicyclic) bond motifs is 1. The van der Waals surface area contributed by atoms with Crippen LogP contribution < -0.4 is 10.5 Å². The van der Waals surface area contributed by atoms with Crippen LogP contribution in [0.5, 0.6) is 5.19 Å². The number of nitrogens with two attached hydrogens (primary N) is 1. The van der Waals surface area contributed by atoms with Crippen molar-refractivity contribution >= 4 is 16.3 Å². The van der Waals surface area contributed by atoms with Gasteiger partial charge in [0, 0.05) is 0 Å². The van der Waals surface area contributed by atoms with Crippen molar-refractivity contribution in [2.75, 3.05) is 5.73 Å². The highest BCUT2D eigenvalue weighted by Gasteiger charge is 2.22. The normalized spacial score (nSPS) is 18.7. The molecule has 0 spiro atoms. The van der Waals surface area contributed by atoms with E-state index in [1.807, 2.05) is 0 Å². The third kappa shape index (κ3) is 2.13. The van der Waals surface area contributed by atoms with Gasteiger partial charge in [-0.3, -0.25) is 0 Å². The second-order valence-corrected chi connectivity index (χ2v) is 5.25. The summed E-state index contributed by atoms with van der Waals surface area (Å²) in [6.07, 6.45) is 5.15. The first kappa shape index (κ1) is 10.6. The molecule has 1 aromatic carbocycles. The number of nitrogens with zero attached hydrogens (tertiary/aromatic N) is 1. The zero-order valence-corrected chi connectivity index (χ0v) is 10.2. The Balaban J connectivity index is 1.85. The second kappa shape index (κ2) is 4.37. The largest absolute Gasteiger partial charge is 0.462 e. The van der Waals surface area contributed by atoms with Gasteiger partial charge in [-0.15, -0.1) is 0 Å². The Labute approximate surface area is 104 Å². The highest BCUT2D eigenvalue weighted by molar-refractivity contribution is 7.17. The first-order chi connectivity index (χ1) is 8.33. The fourth-order valence-electron chi connectivity index (χ4n) is 2.28. The van der Waals surface area contributed by atoms with Crippen molar-refractivity contribution < 1.29 is 4.74 Å². The quantitative estimate of drug-likeness (QED) is 0.885. The summed E-state index contributed by atoms with van der Waals surface area (Å²) in [6.45, 7) is 0. The average Bonchev–Trinajstić information content (AvgIpc) is 2.75. The Bertz CT molecular complexity index is 524. The molecule has 88 valence electrons. The summed E-state index contributed by atoms with van der Waals surface area (Å²) < 4.78 is 5.93. The summed E-state index contributed by atoms with van der Waals surface area (Å²) in [7, 11) is 0. The molecule has 3 nitrogen and oxygen atoms in total. The van der Waals surface area contributed by atoms with Crippen molar-refractivity contribution in [1.29, 1.82) is 0 Å². The molecule has 0 amide bonds. The van der Waals surface area contributed by atoms with E-state index in [1.165, 1.54) is 28.9 Å². The van der Waals surface area contributed by atoms with E-state index in [-0.39, 0.29) is 6.10 Å². The first-order valence-corrected chi connectivity index (χ1v) is 6.60. The molecule has 0 saturated heterocycles. The van der Waals surface area contributed by atoms with Crippen LogP contribution in [0.25, 0.3) is 0 Å². The molecule has 0 bridgehead atoms. The van der Waals surface area contributed by atoms with Gasteiger partial charge in [0.1, 0.15) is 11.1 Å². The monoisotopic (exact) mass is 246 g/mol. The van der Waals surface area contributed by atoms with Gasteiger partial charge in [0.2, 0.25) is 0 Å². The van der Waals surface area contributed by atoms with Crippen LogP contribution in [0.3, 0.4) is 0 Å². The van der Waals surface area contributed by atoms with E-state index in [0.717, 1.165) is 12.8 Å². The number of anilines is 1. The fraction of sp³-hybridized carbons (Fsp3) is 0.308. The molecule has 17 heavy (non-hydrogen) atoms. The number of hydrogen-bond donors (Lipinski definition) is 1. The lowest BCUT2D eigenvalue weighted by molar-refractivity contribution is 0.182. The van der Waals surface area contributed by atoms with Gasteiger partial charge in [0.25, 0.3) is 5.19 Å². The maximum absolute atomic E-state index is 5.93. The number of ether oxygens (including phenoxy) is 1. The molecule has 2 N–H and O–H groups in total. The third-order valence-corrected chi connectivity index (χ3v) is 3.78. The molecule has 0 radical (unpaired) electrons. The van der Waals surface area contributed by atoms with E-state index in [0.29, 0.717) is 10.2 Å².